The Morgan fingerprint density at radius 1 is 1.12 bits per heavy atom. The van der Waals surface area contributed by atoms with E-state index in [0.29, 0.717) is 18.0 Å². The molecule has 1 aromatic rings. The zero-order chi connectivity index (χ0) is 19.9. The number of carbonyl (C=O) groups excluding carboxylic acids is 2. The Morgan fingerprint density at radius 3 is 2.31 bits per heavy atom. The Labute approximate surface area is 153 Å². The van der Waals surface area contributed by atoms with Gasteiger partial charge in [-0.15, -0.1) is 0 Å². The van der Waals surface area contributed by atoms with Crippen LogP contribution in [0.3, 0.4) is 0 Å². The summed E-state index contributed by atoms with van der Waals surface area (Å²) in [6.07, 6.45) is 0. The van der Waals surface area contributed by atoms with E-state index >= 15 is 0 Å². The molecule has 0 aliphatic heterocycles. The number of nitrogens with zero attached hydrogens (tertiary/aromatic N) is 2. The summed E-state index contributed by atoms with van der Waals surface area (Å²) in [5, 5.41) is 2.57. The van der Waals surface area contributed by atoms with E-state index in [0.717, 1.165) is 4.31 Å². The first kappa shape index (κ1) is 21.9. The lowest BCUT2D eigenvalue weighted by molar-refractivity contribution is -0.151. The molecule has 1 aromatic carbocycles. The van der Waals surface area contributed by atoms with Gasteiger partial charge in [0.25, 0.3) is 5.91 Å². The van der Waals surface area contributed by atoms with Gasteiger partial charge in [0.05, 0.1) is 16.3 Å². The van der Waals surface area contributed by atoms with Gasteiger partial charge in [-0.25, -0.2) is 17.5 Å². The zero-order valence-corrected chi connectivity index (χ0v) is 16.4. The molecule has 0 spiro atoms. The average molecular weight is 387 g/mol. The van der Waals surface area contributed by atoms with Crippen molar-refractivity contribution in [3.63, 3.8) is 0 Å². The average Bonchev–Trinajstić information content (AvgIpc) is 2.57. The molecular formula is C16H25N3O6S. The van der Waals surface area contributed by atoms with Crippen LogP contribution in [-0.4, -0.2) is 72.6 Å². The molecule has 146 valence electrons. The summed E-state index contributed by atoms with van der Waals surface area (Å²) in [6, 6.07) is 4.42. The predicted octanol–water partition coefficient (Wildman–Crippen LogP) is 0.521. The summed E-state index contributed by atoms with van der Waals surface area (Å²) in [5.41, 5.74) is 0.903. The van der Waals surface area contributed by atoms with E-state index in [9.17, 15) is 18.0 Å². The van der Waals surface area contributed by atoms with Gasteiger partial charge in [0.1, 0.15) is 6.61 Å². The van der Waals surface area contributed by atoms with E-state index < -0.39 is 28.5 Å². The highest BCUT2D eigenvalue weighted by Crippen LogP contribution is 2.28. The number of nitrogens with one attached hydrogen (secondary N) is 1. The molecule has 0 saturated carbocycles. The van der Waals surface area contributed by atoms with Crippen LogP contribution in [0.25, 0.3) is 0 Å². The fourth-order valence-electron chi connectivity index (χ4n) is 1.94. The molecular weight excluding hydrogens is 362 g/mol. The number of carbonyl (C=O) groups is 2. The van der Waals surface area contributed by atoms with Crippen molar-refractivity contribution < 1.29 is 27.5 Å². The first-order valence-electron chi connectivity index (χ1n) is 7.86. The van der Waals surface area contributed by atoms with Crippen molar-refractivity contribution in [2.75, 3.05) is 58.2 Å². The molecule has 0 radical (unpaired) electrons. The SMILES string of the molecule is CCOCC(=O)OCC(=O)Nc1cc(S(=O)(=O)N(C)C)ccc1N(C)C. The van der Waals surface area contributed by atoms with Gasteiger partial charge < -0.3 is 19.7 Å². The van der Waals surface area contributed by atoms with E-state index in [1.165, 1.54) is 26.2 Å². The third-order valence-electron chi connectivity index (χ3n) is 3.29. The van der Waals surface area contributed by atoms with Crippen molar-refractivity contribution in [3.8, 4) is 0 Å². The highest BCUT2D eigenvalue weighted by atomic mass is 32.2. The maximum Gasteiger partial charge on any atom is 0.332 e. The monoisotopic (exact) mass is 387 g/mol. The lowest BCUT2D eigenvalue weighted by Crippen LogP contribution is -2.25. The molecule has 0 saturated heterocycles. The minimum atomic E-state index is -3.65. The number of amides is 1. The van der Waals surface area contributed by atoms with Crippen LogP contribution in [0.5, 0.6) is 0 Å². The van der Waals surface area contributed by atoms with Crippen molar-refractivity contribution in [1.82, 2.24) is 4.31 Å². The van der Waals surface area contributed by atoms with Crippen LogP contribution < -0.4 is 10.2 Å². The molecule has 0 bridgehead atoms. The van der Waals surface area contributed by atoms with E-state index in [1.807, 2.05) is 0 Å². The fraction of sp³-hybridized carbons (Fsp3) is 0.500. The summed E-state index contributed by atoms with van der Waals surface area (Å²) >= 11 is 0. The van der Waals surface area contributed by atoms with Crippen LogP contribution in [0.2, 0.25) is 0 Å². The maximum absolute atomic E-state index is 12.3. The second-order valence-electron chi connectivity index (χ2n) is 5.71. The minimum Gasteiger partial charge on any atom is -0.454 e. The van der Waals surface area contributed by atoms with Crippen molar-refractivity contribution in [1.29, 1.82) is 0 Å². The number of esters is 1. The molecule has 9 nitrogen and oxygen atoms in total. The maximum atomic E-state index is 12.3. The standard InChI is InChI=1S/C16H25N3O6S/c1-6-24-11-16(21)25-10-15(20)17-13-9-12(26(22,23)19(4)5)7-8-14(13)18(2)3/h7-9H,6,10-11H2,1-5H3,(H,17,20). The highest BCUT2D eigenvalue weighted by Gasteiger charge is 2.20. The normalized spacial score (nSPS) is 11.3. The van der Waals surface area contributed by atoms with Crippen LogP contribution in [0, 0.1) is 0 Å². The van der Waals surface area contributed by atoms with E-state index in [1.54, 1.807) is 32.0 Å². The van der Waals surface area contributed by atoms with E-state index in [-0.39, 0.29) is 11.5 Å². The van der Waals surface area contributed by atoms with Gasteiger partial charge in [-0.05, 0) is 25.1 Å². The molecule has 1 amide bonds. The van der Waals surface area contributed by atoms with Gasteiger partial charge in [-0.3, -0.25) is 4.79 Å². The van der Waals surface area contributed by atoms with Gasteiger partial charge in [0, 0.05) is 34.8 Å². The number of hydrogen-bond acceptors (Lipinski definition) is 7. The van der Waals surface area contributed by atoms with E-state index in [4.69, 9.17) is 9.47 Å². The summed E-state index contributed by atoms with van der Waals surface area (Å²) < 4.78 is 35.3. The summed E-state index contributed by atoms with van der Waals surface area (Å²) in [5.74, 6) is -1.24. The number of rotatable bonds is 9. The van der Waals surface area contributed by atoms with Gasteiger partial charge >= 0.3 is 5.97 Å². The van der Waals surface area contributed by atoms with Gasteiger partial charge in [0.15, 0.2) is 6.61 Å². The summed E-state index contributed by atoms with van der Waals surface area (Å²) in [4.78, 5) is 25.2. The first-order valence-corrected chi connectivity index (χ1v) is 9.30. The quantitative estimate of drug-likeness (QED) is 0.616. The van der Waals surface area contributed by atoms with Crippen LogP contribution in [0.15, 0.2) is 23.1 Å². The predicted molar refractivity (Wildman–Crippen MR) is 97.7 cm³/mol. The smallest absolute Gasteiger partial charge is 0.332 e. The van der Waals surface area contributed by atoms with Crippen molar-refractivity contribution in [2.24, 2.45) is 0 Å². The number of benzene rings is 1. The molecule has 0 unspecified atom stereocenters. The topological polar surface area (TPSA) is 105 Å². The lowest BCUT2D eigenvalue weighted by Gasteiger charge is -2.20. The number of anilines is 2. The second-order valence-corrected chi connectivity index (χ2v) is 7.86. The van der Waals surface area contributed by atoms with Crippen molar-refractivity contribution >= 4 is 33.3 Å². The van der Waals surface area contributed by atoms with Crippen LogP contribution in [-0.2, 0) is 29.1 Å². The molecule has 10 heteroatoms. The van der Waals surface area contributed by atoms with Crippen molar-refractivity contribution in [2.45, 2.75) is 11.8 Å². The van der Waals surface area contributed by atoms with E-state index in [2.05, 4.69) is 5.32 Å². The third-order valence-corrected chi connectivity index (χ3v) is 5.10. The Balaban J connectivity index is 2.95. The van der Waals surface area contributed by atoms with Crippen LogP contribution in [0.1, 0.15) is 6.92 Å². The Kier molecular flexibility index (Phi) is 8.00. The molecule has 0 fully saturated rings. The Hall–Kier alpha value is -2.17. The Morgan fingerprint density at radius 2 is 1.77 bits per heavy atom. The summed E-state index contributed by atoms with van der Waals surface area (Å²) in [6.45, 7) is 1.37. The second kappa shape index (κ2) is 9.51. The van der Waals surface area contributed by atoms with Gasteiger partial charge in [0.2, 0.25) is 10.0 Å². The Bertz CT molecular complexity index is 746. The molecule has 1 rings (SSSR count). The molecule has 0 aliphatic rings. The fourth-order valence-corrected chi connectivity index (χ4v) is 2.86. The van der Waals surface area contributed by atoms with Crippen LogP contribution >= 0.6 is 0 Å². The highest BCUT2D eigenvalue weighted by molar-refractivity contribution is 7.89. The zero-order valence-electron chi connectivity index (χ0n) is 15.6. The molecule has 0 aliphatic carbocycles. The van der Waals surface area contributed by atoms with Crippen molar-refractivity contribution in [3.05, 3.63) is 18.2 Å². The third kappa shape index (κ3) is 5.97. The largest absolute Gasteiger partial charge is 0.454 e. The molecule has 0 aromatic heterocycles. The lowest BCUT2D eigenvalue weighted by atomic mass is 10.2. The molecule has 26 heavy (non-hydrogen) atoms. The van der Waals surface area contributed by atoms with Crippen LogP contribution in [0.4, 0.5) is 11.4 Å². The van der Waals surface area contributed by atoms with Gasteiger partial charge in [-0.1, -0.05) is 0 Å². The minimum absolute atomic E-state index is 0.0386. The number of hydrogen-bond donors (Lipinski definition) is 1. The first-order chi connectivity index (χ1) is 12.1. The molecule has 0 atom stereocenters. The molecule has 0 heterocycles. The number of ether oxygens (including phenoxy) is 2. The molecule has 1 N–H and O–H groups in total. The number of sulfonamides is 1. The summed E-state index contributed by atoms with van der Waals surface area (Å²) in [7, 11) is 2.71. The van der Waals surface area contributed by atoms with Gasteiger partial charge in [-0.2, -0.15) is 0 Å².